The third kappa shape index (κ3) is 8.00. The lowest BCUT2D eigenvalue weighted by atomic mass is 10.0. The van der Waals surface area contributed by atoms with Crippen molar-refractivity contribution in [2.75, 3.05) is 38.0 Å². The minimum atomic E-state index is -0.821. The Labute approximate surface area is 178 Å². The number of piperidine rings is 1. The highest BCUT2D eigenvalue weighted by Gasteiger charge is 2.26. The number of carbonyl (C=O) groups excluding carboxylic acids is 2. The fraction of sp³-hybridized carbons (Fsp3) is 0.550. The number of halogens is 1. The van der Waals surface area contributed by atoms with Crippen molar-refractivity contribution >= 4 is 36.0 Å². The summed E-state index contributed by atoms with van der Waals surface area (Å²) < 4.78 is 0. The summed E-state index contributed by atoms with van der Waals surface area (Å²) >= 11 is 0. The second-order valence-electron chi connectivity index (χ2n) is 7.28. The lowest BCUT2D eigenvalue weighted by Gasteiger charge is -2.37. The van der Waals surface area contributed by atoms with E-state index in [1.807, 2.05) is 48.8 Å². The average Bonchev–Trinajstić information content (AvgIpc) is 2.62. The van der Waals surface area contributed by atoms with Crippen LogP contribution in [0.1, 0.15) is 30.9 Å². The first-order valence-electron chi connectivity index (χ1n) is 9.64. The van der Waals surface area contributed by atoms with E-state index in [-0.39, 0.29) is 37.4 Å². The Kier molecular flexibility index (Phi) is 10.1. The Balaban J connectivity index is 0.00000420. The number of carboxylic acid groups (broad SMARTS) is 1. The molecule has 162 valence electrons. The Bertz CT molecular complexity index is 720. The Morgan fingerprint density at radius 3 is 2.41 bits per heavy atom. The molecule has 1 aromatic carbocycles. The third-order valence-electron chi connectivity index (χ3n) is 5.07. The number of nitrogens with zero attached hydrogens (tertiary/aromatic N) is 2. The second-order valence-corrected chi connectivity index (χ2v) is 7.28. The summed E-state index contributed by atoms with van der Waals surface area (Å²) in [6.07, 6.45) is 1.62. The van der Waals surface area contributed by atoms with Crippen LogP contribution in [0.4, 0.5) is 10.5 Å². The van der Waals surface area contributed by atoms with Gasteiger partial charge in [-0.1, -0.05) is 24.6 Å². The molecule has 3 N–H and O–H groups in total. The summed E-state index contributed by atoms with van der Waals surface area (Å²) in [5.41, 5.74) is 2.72. The van der Waals surface area contributed by atoms with Gasteiger partial charge in [-0.05, 0) is 44.9 Å². The van der Waals surface area contributed by atoms with Gasteiger partial charge in [0, 0.05) is 24.8 Å². The van der Waals surface area contributed by atoms with Gasteiger partial charge in [0.15, 0.2) is 0 Å². The first kappa shape index (κ1) is 24.9. The molecule has 3 amide bonds. The number of aryl methyl sites for hydroxylation is 2. The monoisotopic (exact) mass is 426 g/mol. The van der Waals surface area contributed by atoms with Gasteiger partial charge in [0.05, 0.1) is 13.1 Å². The molecule has 0 aromatic heterocycles. The van der Waals surface area contributed by atoms with Gasteiger partial charge in [-0.2, -0.15) is 0 Å². The summed E-state index contributed by atoms with van der Waals surface area (Å²) in [6, 6.07) is 5.36. The van der Waals surface area contributed by atoms with Gasteiger partial charge in [0.1, 0.15) is 0 Å². The Hall–Kier alpha value is -2.16. The fourth-order valence-electron chi connectivity index (χ4n) is 3.59. The fourth-order valence-corrected chi connectivity index (χ4v) is 3.59. The van der Waals surface area contributed by atoms with E-state index in [4.69, 9.17) is 5.11 Å². The van der Waals surface area contributed by atoms with Crippen molar-refractivity contribution in [1.29, 1.82) is 0 Å². The van der Waals surface area contributed by atoms with E-state index in [0.717, 1.165) is 24.0 Å². The number of benzene rings is 1. The molecule has 1 aliphatic heterocycles. The van der Waals surface area contributed by atoms with Crippen LogP contribution in [-0.2, 0) is 9.59 Å². The predicted molar refractivity (Wildman–Crippen MR) is 115 cm³/mol. The van der Waals surface area contributed by atoms with Gasteiger partial charge < -0.3 is 10.4 Å². The van der Waals surface area contributed by atoms with Gasteiger partial charge in [0.25, 0.3) is 0 Å². The number of amides is 3. The number of aliphatic carboxylic acids is 1. The van der Waals surface area contributed by atoms with Gasteiger partial charge in [-0.3, -0.25) is 24.7 Å². The molecule has 0 unspecified atom stereocenters. The molecule has 1 aromatic rings. The maximum Gasteiger partial charge on any atom is 0.325 e. The van der Waals surface area contributed by atoms with Crippen LogP contribution in [0.25, 0.3) is 0 Å². The maximum absolute atomic E-state index is 12.2. The lowest BCUT2D eigenvalue weighted by molar-refractivity contribution is -0.139. The number of anilines is 1. The normalized spacial score (nSPS) is 14.9. The van der Waals surface area contributed by atoms with Crippen LogP contribution in [0.2, 0.25) is 0 Å². The van der Waals surface area contributed by atoms with E-state index in [9.17, 15) is 14.4 Å². The number of urea groups is 1. The number of likely N-dealkylation sites (tertiary alicyclic amines) is 1. The van der Waals surface area contributed by atoms with E-state index < -0.39 is 12.0 Å². The van der Waals surface area contributed by atoms with E-state index in [1.165, 1.54) is 0 Å². The number of hydrogen-bond acceptors (Lipinski definition) is 5. The number of rotatable bonds is 7. The summed E-state index contributed by atoms with van der Waals surface area (Å²) in [7, 11) is 0. The molecule has 0 aliphatic carbocycles. The Morgan fingerprint density at radius 1 is 1.21 bits per heavy atom. The van der Waals surface area contributed by atoms with Crippen LogP contribution >= 0.6 is 12.4 Å². The number of carbonyl (C=O) groups is 3. The van der Waals surface area contributed by atoms with Gasteiger partial charge in [-0.15, -0.1) is 12.4 Å². The molecule has 0 radical (unpaired) electrons. The Morgan fingerprint density at radius 2 is 1.86 bits per heavy atom. The van der Waals surface area contributed by atoms with Crippen molar-refractivity contribution in [1.82, 2.24) is 15.1 Å². The van der Waals surface area contributed by atoms with Crippen LogP contribution < -0.4 is 10.6 Å². The zero-order valence-corrected chi connectivity index (χ0v) is 18.1. The molecule has 29 heavy (non-hydrogen) atoms. The maximum atomic E-state index is 12.2. The molecule has 0 bridgehead atoms. The molecule has 8 nitrogen and oxygen atoms in total. The molecule has 0 saturated carbocycles. The average molecular weight is 427 g/mol. The van der Waals surface area contributed by atoms with Crippen LogP contribution in [0, 0.1) is 13.8 Å². The number of nitrogens with one attached hydrogen (secondary N) is 2. The van der Waals surface area contributed by atoms with Crippen molar-refractivity contribution in [3.05, 3.63) is 29.3 Å². The SMILES string of the molecule is CCN(CC(=O)O)C1CCN(CC(=O)NC(=O)Nc2ccc(C)cc2C)CC1.Cl. The highest BCUT2D eigenvalue weighted by atomic mass is 35.5. The summed E-state index contributed by atoms with van der Waals surface area (Å²) in [6.45, 7) is 8.12. The van der Waals surface area contributed by atoms with E-state index in [1.54, 1.807) is 0 Å². The molecular weight excluding hydrogens is 396 g/mol. The largest absolute Gasteiger partial charge is 0.480 e. The smallest absolute Gasteiger partial charge is 0.325 e. The molecule has 1 heterocycles. The van der Waals surface area contributed by atoms with Crippen molar-refractivity contribution in [3.8, 4) is 0 Å². The second kappa shape index (κ2) is 11.7. The van der Waals surface area contributed by atoms with E-state index >= 15 is 0 Å². The molecule has 1 aliphatic rings. The molecule has 1 fully saturated rings. The highest BCUT2D eigenvalue weighted by molar-refractivity contribution is 6.02. The minimum Gasteiger partial charge on any atom is -0.480 e. The molecule has 0 atom stereocenters. The van der Waals surface area contributed by atoms with Crippen LogP contribution in [0.5, 0.6) is 0 Å². The van der Waals surface area contributed by atoms with E-state index in [0.29, 0.717) is 25.3 Å². The summed E-state index contributed by atoms with van der Waals surface area (Å²) in [4.78, 5) is 39.1. The number of imide groups is 1. The van der Waals surface area contributed by atoms with Crippen LogP contribution in [-0.4, -0.2) is 71.6 Å². The molecule has 9 heteroatoms. The highest BCUT2D eigenvalue weighted by Crippen LogP contribution is 2.17. The third-order valence-corrected chi connectivity index (χ3v) is 5.07. The lowest BCUT2D eigenvalue weighted by Crippen LogP contribution is -2.49. The number of hydrogen-bond donors (Lipinski definition) is 3. The molecule has 1 saturated heterocycles. The van der Waals surface area contributed by atoms with Crippen LogP contribution in [0.15, 0.2) is 18.2 Å². The van der Waals surface area contributed by atoms with Crippen LogP contribution in [0.3, 0.4) is 0 Å². The quantitative estimate of drug-likeness (QED) is 0.618. The number of likely N-dealkylation sites (N-methyl/N-ethyl adjacent to an activating group) is 1. The summed E-state index contributed by atoms with van der Waals surface area (Å²) in [5.74, 6) is -1.17. The first-order chi connectivity index (χ1) is 13.3. The minimum absolute atomic E-state index is 0. The van der Waals surface area contributed by atoms with Crippen molar-refractivity contribution in [3.63, 3.8) is 0 Å². The van der Waals surface area contributed by atoms with Gasteiger partial charge >= 0.3 is 12.0 Å². The zero-order chi connectivity index (χ0) is 20.7. The zero-order valence-electron chi connectivity index (χ0n) is 17.2. The predicted octanol–water partition coefficient (Wildman–Crippen LogP) is 2.24. The standard InChI is InChI=1S/C20H30N4O4.ClH/c1-4-24(13-19(26)27)16-7-9-23(10-8-16)12-18(25)22-20(28)21-17-6-5-14(2)11-15(17)3;/h5-6,11,16H,4,7-10,12-13H2,1-3H3,(H,26,27)(H2,21,22,25,28);1H. The summed E-state index contributed by atoms with van der Waals surface area (Å²) in [5, 5.41) is 14.1. The van der Waals surface area contributed by atoms with Crippen molar-refractivity contribution in [2.24, 2.45) is 0 Å². The molecule has 0 spiro atoms. The number of carboxylic acids is 1. The van der Waals surface area contributed by atoms with Gasteiger partial charge in [-0.25, -0.2) is 4.79 Å². The first-order valence-corrected chi connectivity index (χ1v) is 9.64. The van der Waals surface area contributed by atoms with E-state index in [2.05, 4.69) is 10.6 Å². The molecular formula is C20H31ClN4O4. The van der Waals surface area contributed by atoms with Crippen molar-refractivity contribution < 1.29 is 19.5 Å². The van der Waals surface area contributed by atoms with Crippen molar-refractivity contribution in [2.45, 2.75) is 39.7 Å². The molecule has 2 rings (SSSR count). The van der Waals surface area contributed by atoms with Gasteiger partial charge in [0.2, 0.25) is 5.91 Å². The topological polar surface area (TPSA) is 102 Å².